The maximum atomic E-state index is 13.1. The van der Waals surface area contributed by atoms with E-state index in [1.807, 2.05) is 63.2 Å². The van der Waals surface area contributed by atoms with Crippen LogP contribution in [0.4, 0.5) is 0 Å². The molecule has 0 heterocycles. The molecule has 6 heteroatoms. The van der Waals surface area contributed by atoms with Crippen molar-refractivity contribution in [3.63, 3.8) is 0 Å². The van der Waals surface area contributed by atoms with Crippen molar-refractivity contribution < 1.29 is 9.59 Å². The zero-order chi connectivity index (χ0) is 21.9. The second-order valence-electron chi connectivity index (χ2n) is 7.43. The lowest BCUT2D eigenvalue weighted by molar-refractivity contribution is -0.140. The van der Waals surface area contributed by atoms with Crippen LogP contribution in [-0.4, -0.2) is 34.6 Å². The Bertz CT molecular complexity index is 799. The van der Waals surface area contributed by atoms with Crippen LogP contribution in [0.1, 0.15) is 44.7 Å². The maximum absolute atomic E-state index is 13.1. The van der Waals surface area contributed by atoms with Crippen LogP contribution in [0, 0.1) is 0 Å². The monoisotopic (exact) mass is 490 g/mol. The number of thioether (sulfide) groups is 1. The Balaban J connectivity index is 2.00. The average Bonchev–Trinajstić information content (AvgIpc) is 2.76. The van der Waals surface area contributed by atoms with Gasteiger partial charge < -0.3 is 10.2 Å². The highest BCUT2D eigenvalue weighted by atomic mass is 79.9. The van der Waals surface area contributed by atoms with Gasteiger partial charge in [-0.15, -0.1) is 0 Å². The number of carbonyl (C=O) groups excluding carboxylic acids is 2. The molecular weight excluding hydrogens is 460 g/mol. The van der Waals surface area contributed by atoms with Gasteiger partial charge in [0, 0.05) is 35.0 Å². The van der Waals surface area contributed by atoms with Crippen molar-refractivity contribution in [2.45, 2.75) is 58.0 Å². The van der Waals surface area contributed by atoms with Crippen LogP contribution in [0.25, 0.3) is 0 Å². The highest BCUT2D eigenvalue weighted by Gasteiger charge is 2.26. The summed E-state index contributed by atoms with van der Waals surface area (Å²) in [6, 6.07) is 17.7. The van der Waals surface area contributed by atoms with Crippen LogP contribution in [-0.2, 0) is 21.9 Å². The van der Waals surface area contributed by atoms with Crippen LogP contribution in [0.3, 0.4) is 0 Å². The van der Waals surface area contributed by atoms with E-state index in [1.54, 1.807) is 16.7 Å². The largest absolute Gasteiger partial charge is 0.352 e. The summed E-state index contributed by atoms with van der Waals surface area (Å²) in [7, 11) is 0. The van der Waals surface area contributed by atoms with Gasteiger partial charge in [-0.25, -0.2) is 0 Å². The average molecular weight is 491 g/mol. The maximum Gasteiger partial charge on any atom is 0.242 e. The Morgan fingerprint density at radius 2 is 1.70 bits per heavy atom. The Morgan fingerprint density at radius 1 is 1.03 bits per heavy atom. The van der Waals surface area contributed by atoms with E-state index in [1.165, 1.54) is 5.56 Å². The fourth-order valence-corrected chi connectivity index (χ4v) is 4.06. The molecule has 2 amide bonds. The smallest absolute Gasteiger partial charge is 0.242 e. The van der Waals surface area contributed by atoms with E-state index >= 15 is 0 Å². The molecule has 2 atom stereocenters. The van der Waals surface area contributed by atoms with Gasteiger partial charge in [0.25, 0.3) is 0 Å². The molecule has 0 bridgehead atoms. The van der Waals surface area contributed by atoms with Gasteiger partial charge in [-0.3, -0.25) is 9.59 Å². The normalized spacial score (nSPS) is 12.8. The number of carbonyl (C=O) groups is 2. The van der Waals surface area contributed by atoms with Gasteiger partial charge in [0.2, 0.25) is 11.8 Å². The first-order chi connectivity index (χ1) is 14.4. The number of rotatable bonds is 11. The Hall–Kier alpha value is -1.79. The number of hydrogen-bond acceptors (Lipinski definition) is 3. The molecule has 30 heavy (non-hydrogen) atoms. The van der Waals surface area contributed by atoms with Crippen LogP contribution in [0.15, 0.2) is 59.1 Å². The molecule has 2 aromatic rings. The molecule has 0 aliphatic heterocycles. The topological polar surface area (TPSA) is 49.4 Å². The van der Waals surface area contributed by atoms with Crippen molar-refractivity contribution in [3.05, 3.63) is 70.2 Å². The van der Waals surface area contributed by atoms with Gasteiger partial charge >= 0.3 is 0 Å². The molecule has 0 aliphatic carbocycles. The summed E-state index contributed by atoms with van der Waals surface area (Å²) >= 11 is 5.18. The third-order valence-corrected chi connectivity index (χ3v) is 6.57. The Labute approximate surface area is 192 Å². The van der Waals surface area contributed by atoms with Crippen molar-refractivity contribution in [2.75, 3.05) is 5.75 Å². The third-order valence-electron chi connectivity index (χ3n) is 5.01. The van der Waals surface area contributed by atoms with Gasteiger partial charge in [-0.2, -0.15) is 11.8 Å². The van der Waals surface area contributed by atoms with Gasteiger partial charge in [-0.1, -0.05) is 65.3 Å². The van der Waals surface area contributed by atoms with Gasteiger partial charge in [0.15, 0.2) is 0 Å². The van der Waals surface area contributed by atoms with Crippen molar-refractivity contribution >= 4 is 39.5 Å². The lowest BCUT2D eigenvalue weighted by Gasteiger charge is -2.29. The first-order valence-electron chi connectivity index (χ1n) is 10.4. The zero-order valence-corrected chi connectivity index (χ0v) is 20.3. The van der Waals surface area contributed by atoms with E-state index in [0.29, 0.717) is 13.0 Å². The summed E-state index contributed by atoms with van der Waals surface area (Å²) in [4.78, 5) is 27.4. The lowest BCUT2D eigenvalue weighted by Crippen LogP contribution is -2.49. The molecule has 0 radical (unpaired) electrons. The first-order valence-corrected chi connectivity index (χ1v) is 12.3. The van der Waals surface area contributed by atoms with E-state index in [9.17, 15) is 9.59 Å². The van der Waals surface area contributed by atoms with Gasteiger partial charge in [-0.05, 0) is 43.5 Å². The third kappa shape index (κ3) is 8.15. The van der Waals surface area contributed by atoms with Crippen LogP contribution in [0.5, 0.6) is 0 Å². The SMILES string of the molecule is CCC(C)NC(=O)C(C)N(Cc1ccc(Br)cc1)C(=O)CCSCc1ccccc1. The van der Waals surface area contributed by atoms with E-state index in [4.69, 9.17) is 0 Å². The zero-order valence-electron chi connectivity index (χ0n) is 17.9. The minimum Gasteiger partial charge on any atom is -0.352 e. The van der Waals surface area contributed by atoms with E-state index in [2.05, 4.69) is 33.4 Å². The Kier molecular flexibility index (Phi) is 10.4. The predicted molar refractivity (Wildman–Crippen MR) is 129 cm³/mol. The molecule has 0 saturated heterocycles. The van der Waals surface area contributed by atoms with Gasteiger partial charge in [0.05, 0.1) is 0 Å². The molecule has 162 valence electrons. The molecular formula is C24H31BrN2O2S. The molecule has 0 aromatic heterocycles. The van der Waals surface area contributed by atoms with Crippen LogP contribution >= 0.6 is 27.7 Å². The summed E-state index contributed by atoms with van der Waals surface area (Å²) in [6.45, 7) is 6.24. The minimum absolute atomic E-state index is 0.00489. The summed E-state index contributed by atoms with van der Waals surface area (Å²) < 4.78 is 0.990. The highest BCUT2D eigenvalue weighted by molar-refractivity contribution is 9.10. The fraction of sp³-hybridized carbons (Fsp3) is 0.417. The number of hydrogen-bond donors (Lipinski definition) is 1. The van der Waals surface area contributed by atoms with Crippen molar-refractivity contribution in [1.82, 2.24) is 10.2 Å². The van der Waals surface area contributed by atoms with E-state index in [0.717, 1.165) is 28.0 Å². The van der Waals surface area contributed by atoms with Crippen LogP contribution < -0.4 is 5.32 Å². The number of amides is 2. The Morgan fingerprint density at radius 3 is 2.33 bits per heavy atom. The van der Waals surface area contributed by atoms with Crippen LogP contribution in [0.2, 0.25) is 0 Å². The molecule has 2 aromatic carbocycles. The summed E-state index contributed by atoms with van der Waals surface area (Å²) in [6.07, 6.45) is 1.27. The predicted octanol–water partition coefficient (Wildman–Crippen LogP) is 5.40. The van der Waals surface area contributed by atoms with Crippen molar-refractivity contribution in [2.24, 2.45) is 0 Å². The fourth-order valence-electron chi connectivity index (χ4n) is 2.90. The number of nitrogens with one attached hydrogen (secondary N) is 1. The molecule has 0 aliphatic rings. The second kappa shape index (κ2) is 12.8. The van der Waals surface area contributed by atoms with Gasteiger partial charge in [0.1, 0.15) is 6.04 Å². The molecule has 0 fully saturated rings. The van der Waals surface area contributed by atoms with E-state index < -0.39 is 6.04 Å². The highest BCUT2D eigenvalue weighted by Crippen LogP contribution is 2.17. The molecule has 0 spiro atoms. The second-order valence-corrected chi connectivity index (χ2v) is 9.45. The molecule has 0 saturated carbocycles. The molecule has 4 nitrogen and oxygen atoms in total. The van der Waals surface area contributed by atoms with Crippen molar-refractivity contribution in [3.8, 4) is 0 Å². The number of halogens is 1. The number of benzene rings is 2. The van der Waals surface area contributed by atoms with Crippen molar-refractivity contribution in [1.29, 1.82) is 0 Å². The summed E-state index contributed by atoms with van der Waals surface area (Å²) in [5.74, 6) is 1.51. The lowest BCUT2D eigenvalue weighted by atomic mass is 10.1. The molecule has 2 unspecified atom stereocenters. The standard InChI is InChI=1S/C24H31BrN2O2S/c1-4-18(2)26-24(29)19(3)27(16-20-10-12-22(25)13-11-20)23(28)14-15-30-17-21-8-6-5-7-9-21/h5-13,18-19H,4,14-17H2,1-3H3,(H,26,29). The molecule has 1 N–H and O–H groups in total. The molecule has 2 rings (SSSR count). The first kappa shape index (κ1) is 24.5. The number of nitrogens with zero attached hydrogens (tertiary/aromatic N) is 1. The summed E-state index contributed by atoms with van der Waals surface area (Å²) in [5, 5.41) is 3.00. The quantitative estimate of drug-likeness (QED) is 0.428. The minimum atomic E-state index is -0.519. The van der Waals surface area contributed by atoms with E-state index in [-0.39, 0.29) is 17.9 Å². The summed E-state index contributed by atoms with van der Waals surface area (Å²) in [5.41, 5.74) is 2.26.